The minimum Gasteiger partial charge on any atom is -0.497 e. The van der Waals surface area contributed by atoms with Crippen LogP contribution in [0.2, 0.25) is 0 Å². The Balaban J connectivity index is 1.75. The highest BCUT2D eigenvalue weighted by Gasteiger charge is 2.19. The molecule has 1 unspecified atom stereocenters. The second kappa shape index (κ2) is 4.94. The lowest BCUT2D eigenvalue weighted by Gasteiger charge is -2.25. The first-order valence-corrected chi connectivity index (χ1v) is 6.91. The van der Waals surface area contributed by atoms with Gasteiger partial charge in [0.05, 0.1) is 7.11 Å². The lowest BCUT2D eigenvalue weighted by molar-refractivity contribution is 0.413. The zero-order chi connectivity index (χ0) is 12.4. The molecule has 0 bridgehead atoms. The van der Waals surface area contributed by atoms with Gasteiger partial charge < -0.3 is 10.1 Å². The molecule has 5 heteroatoms. The van der Waals surface area contributed by atoms with Gasteiger partial charge in [0, 0.05) is 6.04 Å². The standard InChI is InChI=1S/C13H15N3OS/c1-17-12-5-3-9-2-4-11(6-10(9)7-12)15-13-16-14-8-18-13/h3,5,7-8,11H,2,4,6H2,1H3,(H,15,16). The lowest BCUT2D eigenvalue weighted by Crippen LogP contribution is -2.27. The number of hydrogen-bond acceptors (Lipinski definition) is 5. The van der Waals surface area contributed by atoms with Gasteiger partial charge in [0.15, 0.2) is 0 Å². The molecule has 1 aliphatic carbocycles. The van der Waals surface area contributed by atoms with Gasteiger partial charge >= 0.3 is 0 Å². The third-order valence-corrected chi connectivity index (χ3v) is 3.95. The summed E-state index contributed by atoms with van der Waals surface area (Å²) >= 11 is 1.55. The number of nitrogens with one attached hydrogen (secondary N) is 1. The fourth-order valence-corrected chi connectivity index (χ4v) is 2.92. The van der Waals surface area contributed by atoms with Crippen LogP contribution < -0.4 is 10.1 Å². The van der Waals surface area contributed by atoms with Crippen LogP contribution in [0.25, 0.3) is 0 Å². The van der Waals surface area contributed by atoms with E-state index in [1.165, 1.54) is 11.1 Å². The summed E-state index contributed by atoms with van der Waals surface area (Å²) in [7, 11) is 1.71. The van der Waals surface area contributed by atoms with Crippen molar-refractivity contribution in [2.45, 2.75) is 25.3 Å². The average molecular weight is 261 g/mol. The first-order chi connectivity index (χ1) is 8.85. The molecule has 1 heterocycles. The quantitative estimate of drug-likeness (QED) is 0.922. The van der Waals surface area contributed by atoms with Crippen LogP contribution in [0.1, 0.15) is 17.5 Å². The van der Waals surface area contributed by atoms with E-state index in [0.29, 0.717) is 6.04 Å². The molecule has 0 fully saturated rings. The van der Waals surface area contributed by atoms with E-state index in [9.17, 15) is 0 Å². The number of anilines is 1. The molecule has 0 aliphatic heterocycles. The number of ether oxygens (including phenoxy) is 1. The normalized spacial score (nSPS) is 18.2. The monoisotopic (exact) mass is 261 g/mol. The Morgan fingerprint density at radius 3 is 3.11 bits per heavy atom. The molecule has 1 aliphatic rings. The second-order valence-corrected chi connectivity index (χ2v) is 5.30. The molecule has 2 aromatic rings. The molecule has 1 aromatic heterocycles. The van der Waals surface area contributed by atoms with E-state index in [1.807, 2.05) is 6.07 Å². The highest BCUT2D eigenvalue weighted by Crippen LogP contribution is 2.27. The van der Waals surface area contributed by atoms with Crippen molar-refractivity contribution in [3.63, 3.8) is 0 Å². The van der Waals surface area contributed by atoms with E-state index in [0.717, 1.165) is 30.1 Å². The summed E-state index contributed by atoms with van der Waals surface area (Å²) < 4.78 is 5.28. The van der Waals surface area contributed by atoms with Gasteiger partial charge in [0.1, 0.15) is 11.3 Å². The highest BCUT2D eigenvalue weighted by atomic mass is 32.1. The fourth-order valence-electron chi connectivity index (χ4n) is 2.39. The van der Waals surface area contributed by atoms with Gasteiger partial charge in [0.25, 0.3) is 0 Å². The van der Waals surface area contributed by atoms with Crippen LogP contribution in [0, 0.1) is 0 Å². The van der Waals surface area contributed by atoms with E-state index >= 15 is 0 Å². The zero-order valence-corrected chi connectivity index (χ0v) is 11.0. The Kier molecular flexibility index (Phi) is 3.15. The number of nitrogens with zero attached hydrogens (tertiary/aromatic N) is 2. The predicted molar refractivity (Wildman–Crippen MR) is 72.3 cm³/mol. The lowest BCUT2D eigenvalue weighted by atomic mass is 9.88. The molecule has 0 amide bonds. The van der Waals surface area contributed by atoms with Crippen LogP contribution in [0.15, 0.2) is 23.7 Å². The number of hydrogen-bond donors (Lipinski definition) is 1. The fraction of sp³-hybridized carbons (Fsp3) is 0.385. The van der Waals surface area contributed by atoms with Crippen molar-refractivity contribution >= 4 is 16.5 Å². The first-order valence-electron chi connectivity index (χ1n) is 6.03. The number of rotatable bonds is 3. The van der Waals surface area contributed by atoms with Gasteiger partial charge in [-0.15, -0.1) is 10.2 Å². The van der Waals surface area contributed by atoms with E-state index in [1.54, 1.807) is 24.0 Å². The van der Waals surface area contributed by atoms with Crippen molar-refractivity contribution in [2.75, 3.05) is 12.4 Å². The average Bonchev–Trinajstić information content (AvgIpc) is 2.90. The molecule has 18 heavy (non-hydrogen) atoms. The summed E-state index contributed by atoms with van der Waals surface area (Å²) in [6.07, 6.45) is 3.26. The highest BCUT2D eigenvalue weighted by molar-refractivity contribution is 7.13. The van der Waals surface area contributed by atoms with Crippen molar-refractivity contribution in [3.05, 3.63) is 34.8 Å². The van der Waals surface area contributed by atoms with E-state index in [4.69, 9.17) is 4.74 Å². The smallest absolute Gasteiger partial charge is 0.205 e. The third-order valence-electron chi connectivity index (χ3n) is 3.33. The number of methoxy groups -OCH3 is 1. The SMILES string of the molecule is COc1ccc2c(c1)CC(Nc1nncs1)CC2. The van der Waals surface area contributed by atoms with Gasteiger partial charge in [-0.05, 0) is 42.5 Å². The topological polar surface area (TPSA) is 47.0 Å². The molecular weight excluding hydrogens is 246 g/mol. The summed E-state index contributed by atoms with van der Waals surface area (Å²) in [4.78, 5) is 0. The van der Waals surface area contributed by atoms with Crippen LogP contribution >= 0.6 is 11.3 Å². The van der Waals surface area contributed by atoms with Crippen molar-refractivity contribution < 1.29 is 4.74 Å². The molecule has 0 spiro atoms. The number of aromatic nitrogens is 2. The van der Waals surface area contributed by atoms with Crippen molar-refractivity contribution in [3.8, 4) is 5.75 Å². The molecular formula is C13H15N3OS. The largest absolute Gasteiger partial charge is 0.497 e. The first kappa shape index (κ1) is 11.5. The van der Waals surface area contributed by atoms with Gasteiger partial charge in [0.2, 0.25) is 5.13 Å². The van der Waals surface area contributed by atoms with Crippen molar-refractivity contribution in [1.82, 2.24) is 10.2 Å². The van der Waals surface area contributed by atoms with Crippen molar-refractivity contribution in [2.24, 2.45) is 0 Å². The number of fused-ring (bicyclic) bond motifs is 1. The van der Waals surface area contributed by atoms with Crippen LogP contribution in [-0.4, -0.2) is 23.3 Å². The van der Waals surface area contributed by atoms with Gasteiger partial charge in [-0.2, -0.15) is 0 Å². The number of benzene rings is 1. The molecule has 3 rings (SSSR count). The summed E-state index contributed by atoms with van der Waals surface area (Å²) in [6, 6.07) is 6.80. The molecule has 1 N–H and O–H groups in total. The van der Waals surface area contributed by atoms with Crippen LogP contribution in [-0.2, 0) is 12.8 Å². The minimum atomic E-state index is 0.442. The summed E-state index contributed by atoms with van der Waals surface area (Å²) in [5, 5.41) is 12.2. The van der Waals surface area contributed by atoms with Crippen molar-refractivity contribution in [1.29, 1.82) is 0 Å². The minimum absolute atomic E-state index is 0.442. The number of aryl methyl sites for hydroxylation is 1. The van der Waals surface area contributed by atoms with Gasteiger partial charge in [-0.1, -0.05) is 17.4 Å². The maximum Gasteiger partial charge on any atom is 0.205 e. The summed E-state index contributed by atoms with van der Waals surface area (Å²) in [5.74, 6) is 0.935. The Bertz CT molecular complexity index is 527. The van der Waals surface area contributed by atoms with E-state index in [-0.39, 0.29) is 0 Å². The summed E-state index contributed by atoms with van der Waals surface area (Å²) in [6.45, 7) is 0. The molecule has 1 atom stereocenters. The van der Waals surface area contributed by atoms with Crippen LogP contribution in [0.3, 0.4) is 0 Å². The molecule has 0 saturated heterocycles. The van der Waals surface area contributed by atoms with Gasteiger partial charge in [-0.3, -0.25) is 0 Å². The van der Waals surface area contributed by atoms with Crippen LogP contribution in [0.5, 0.6) is 5.75 Å². The predicted octanol–water partition coefficient (Wildman–Crippen LogP) is 2.52. The Morgan fingerprint density at radius 2 is 2.33 bits per heavy atom. The molecule has 94 valence electrons. The zero-order valence-electron chi connectivity index (χ0n) is 10.2. The second-order valence-electron chi connectivity index (χ2n) is 4.46. The molecule has 0 radical (unpaired) electrons. The maximum atomic E-state index is 5.28. The van der Waals surface area contributed by atoms with Gasteiger partial charge in [-0.25, -0.2) is 0 Å². The van der Waals surface area contributed by atoms with Crippen LogP contribution in [0.4, 0.5) is 5.13 Å². The molecule has 0 saturated carbocycles. The van der Waals surface area contributed by atoms with E-state index in [2.05, 4.69) is 27.6 Å². The molecule has 1 aromatic carbocycles. The summed E-state index contributed by atoms with van der Waals surface area (Å²) in [5.41, 5.74) is 4.57. The third kappa shape index (κ3) is 2.31. The van der Waals surface area contributed by atoms with E-state index < -0.39 is 0 Å². The maximum absolute atomic E-state index is 5.28. The Labute approximate surface area is 110 Å². The Morgan fingerprint density at radius 1 is 1.39 bits per heavy atom. The molecule has 4 nitrogen and oxygen atoms in total. The Hall–Kier alpha value is -1.62.